The van der Waals surface area contributed by atoms with Crippen LogP contribution >= 0.6 is 27.3 Å². The van der Waals surface area contributed by atoms with Gasteiger partial charge in [-0.25, -0.2) is 0 Å². The Bertz CT molecular complexity index is 326. The van der Waals surface area contributed by atoms with E-state index in [0.29, 0.717) is 6.04 Å². The van der Waals surface area contributed by atoms with E-state index < -0.39 is 0 Å². The summed E-state index contributed by atoms with van der Waals surface area (Å²) in [7, 11) is 2.21. The van der Waals surface area contributed by atoms with Gasteiger partial charge in [-0.1, -0.05) is 0 Å². The van der Waals surface area contributed by atoms with Crippen LogP contribution in [0.15, 0.2) is 15.9 Å². The zero-order chi connectivity index (χ0) is 10.8. The molecule has 4 heteroatoms. The second-order valence-corrected chi connectivity index (χ2v) is 6.21. The number of thiophene rings is 1. The van der Waals surface area contributed by atoms with E-state index in [1.54, 1.807) is 0 Å². The van der Waals surface area contributed by atoms with Gasteiger partial charge in [-0.15, -0.1) is 11.3 Å². The number of halogens is 1. The van der Waals surface area contributed by atoms with Gasteiger partial charge < -0.3 is 4.90 Å². The predicted octanol–water partition coefficient (Wildman–Crippen LogP) is 2.65. The topological polar surface area (TPSA) is 6.48 Å². The molecule has 84 valence electrons. The van der Waals surface area contributed by atoms with Gasteiger partial charge in [0.1, 0.15) is 0 Å². The molecule has 0 bridgehead atoms. The van der Waals surface area contributed by atoms with Crippen LogP contribution in [0.5, 0.6) is 0 Å². The van der Waals surface area contributed by atoms with Crippen LogP contribution in [-0.4, -0.2) is 42.5 Å². The van der Waals surface area contributed by atoms with Crippen molar-refractivity contribution in [1.82, 2.24) is 9.80 Å². The number of hydrogen-bond acceptors (Lipinski definition) is 3. The molecule has 1 fully saturated rings. The Hall–Kier alpha value is 0.1000. The molecule has 1 aliphatic rings. The minimum Gasteiger partial charge on any atom is -0.301 e. The van der Waals surface area contributed by atoms with Gasteiger partial charge in [0.15, 0.2) is 0 Å². The third kappa shape index (κ3) is 3.03. The van der Waals surface area contributed by atoms with Crippen LogP contribution in [0, 0.1) is 0 Å². The largest absolute Gasteiger partial charge is 0.301 e. The zero-order valence-corrected chi connectivity index (χ0v) is 11.6. The Balaban J connectivity index is 1.90. The van der Waals surface area contributed by atoms with Crippen molar-refractivity contribution in [2.24, 2.45) is 0 Å². The predicted molar refractivity (Wildman–Crippen MR) is 69.4 cm³/mol. The van der Waals surface area contributed by atoms with Crippen LogP contribution in [0.25, 0.3) is 0 Å². The third-order valence-corrected chi connectivity index (χ3v) is 4.73. The van der Waals surface area contributed by atoms with Crippen molar-refractivity contribution in [1.29, 1.82) is 0 Å². The van der Waals surface area contributed by atoms with Gasteiger partial charge in [-0.2, -0.15) is 0 Å². The van der Waals surface area contributed by atoms with Crippen molar-refractivity contribution in [2.45, 2.75) is 19.5 Å². The summed E-state index contributed by atoms with van der Waals surface area (Å²) >= 11 is 5.35. The van der Waals surface area contributed by atoms with Gasteiger partial charge in [-0.3, -0.25) is 4.90 Å². The quantitative estimate of drug-likeness (QED) is 0.826. The van der Waals surface area contributed by atoms with Crippen molar-refractivity contribution in [3.63, 3.8) is 0 Å². The normalized spacial score (nSPS) is 24.6. The zero-order valence-electron chi connectivity index (χ0n) is 9.24. The highest BCUT2D eigenvalue weighted by molar-refractivity contribution is 9.10. The summed E-state index contributed by atoms with van der Waals surface area (Å²) in [5.74, 6) is 0. The van der Waals surface area contributed by atoms with E-state index in [9.17, 15) is 0 Å². The van der Waals surface area contributed by atoms with Crippen LogP contribution in [0.1, 0.15) is 11.8 Å². The van der Waals surface area contributed by atoms with Crippen molar-refractivity contribution < 1.29 is 0 Å². The molecule has 1 unspecified atom stereocenters. The molecule has 1 aromatic rings. The molecule has 1 aliphatic heterocycles. The van der Waals surface area contributed by atoms with Gasteiger partial charge in [0.2, 0.25) is 0 Å². The SMILES string of the molecule is CC1CN(Cc2cc(Br)cs2)CCN1C. The van der Waals surface area contributed by atoms with Crippen LogP contribution < -0.4 is 0 Å². The average molecular weight is 289 g/mol. The Morgan fingerprint density at radius 2 is 2.33 bits per heavy atom. The number of piperazine rings is 1. The summed E-state index contributed by atoms with van der Waals surface area (Å²) in [4.78, 5) is 6.43. The van der Waals surface area contributed by atoms with Gasteiger partial charge in [-0.05, 0) is 36.0 Å². The highest BCUT2D eigenvalue weighted by Gasteiger charge is 2.20. The van der Waals surface area contributed by atoms with Gasteiger partial charge in [0.25, 0.3) is 0 Å². The molecule has 0 amide bonds. The molecule has 2 rings (SSSR count). The van der Waals surface area contributed by atoms with Crippen molar-refractivity contribution in [3.05, 3.63) is 20.8 Å². The minimum atomic E-state index is 0.683. The van der Waals surface area contributed by atoms with E-state index in [1.165, 1.54) is 29.0 Å². The first kappa shape index (κ1) is 11.6. The lowest BCUT2D eigenvalue weighted by Crippen LogP contribution is -2.49. The first-order valence-electron chi connectivity index (χ1n) is 5.30. The average Bonchev–Trinajstić information content (AvgIpc) is 2.58. The van der Waals surface area contributed by atoms with E-state index in [2.05, 4.69) is 51.1 Å². The Morgan fingerprint density at radius 1 is 1.53 bits per heavy atom. The summed E-state index contributed by atoms with van der Waals surface area (Å²) in [5.41, 5.74) is 0. The maximum atomic E-state index is 3.50. The summed E-state index contributed by atoms with van der Waals surface area (Å²) in [6.07, 6.45) is 0. The molecule has 0 aromatic carbocycles. The third-order valence-electron chi connectivity index (χ3n) is 3.05. The molecule has 1 atom stereocenters. The lowest BCUT2D eigenvalue weighted by atomic mass is 10.2. The molecule has 0 N–H and O–H groups in total. The molecule has 15 heavy (non-hydrogen) atoms. The van der Waals surface area contributed by atoms with Gasteiger partial charge in [0, 0.05) is 47.0 Å². The molecule has 0 radical (unpaired) electrons. The monoisotopic (exact) mass is 288 g/mol. The fraction of sp³-hybridized carbons (Fsp3) is 0.636. The van der Waals surface area contributed by atoms with Crippen LogP contribution in [0.4, 0.5) is 0 Å². The summed E-state index contributed by atoms with van der Waals surface area (Å²) in [6, 6.07) is 2.91. The first-order chi connectivity index (χ1) is 7.15. The Kier molecular flexibility index (Phi) is 3.83. The molecule has 0 aliphatic carbocycles. The molecule has 2 nitrogen and oxygen atoms in total. The Morgan fingerprint density at radius 3 is 2.93 bits per heavy atom. The fourth-order valence-corrected chi connectivity index (χ4v) is 3.42. The lowest BCUT2D eigenvalue weighted by Gasteiger charge is -2.37. The van der Waals surface area contributed by atoms with Crippen LogP contribution in [0.3, 0.4) is 0 Å². The van der Waals surface area contributed by atoms with Crippen LogP contribution in [-0.2, 0) is 6.54 Å². The van der Waals surface area contributed by atoms with E-state index in [-0.39, 0.29) is 0 Å². The van der Waals surface area contributed by atoms with Crippen molar-refractivity contribution in [2.75, 3.05) is 26.7 Å². The molecular formula is C11H17BrN2S. The Labute approximate surface area is 104 Å². The van der Waals surface area contributed by atoms with Gasteiger partial charge in [0.05, 0.1) is 0 Å². The lowest BCUT2D eigenvalue weighted by molar-refractivity contribution is 0.101. The highest BCUT2D eigenvalue weighted by atomic mass is 79.9. The maximum Gasteiger partial charge on any atom is 0.0329 e. The van der Waals surface area contributed by atoms with E-state index in [4.69, 9.17) is 0 Å². The first-order valence-corrected chi connectivity index (χ1v) is 6.98. The second-order valence-electron chi connectivity index (χ2n) is 4.30. The van der Waals surface area contributed by atoms with E-state index in [0.717, 1.165) is 6.54 Å². The molecule has 1 aromatic heterocycles. The van der Waals surface area contributed by atoms with Crippen molar-refractivity contribution in [3.8, 4) is 0 Å². The highest BCUT2D eigenvalue weighted by Crippen LogP contribution is 2.22. The number of rotatable bonds is 2. The standard InChI is InChI=1S/C11H17BrN2S/c1-9-6-14(4-3-13(9)2)7-11-5-10(12)8-15-11/h5,8-9H,3-4,6-7H2,1-2H3. The second kappa shape index (κ2) is 4.95. The molecule has 0 spiro atoms. The number of likely N-dealkylation sites (N-methyl/N-ethyl adjacent to an activating group) is 1. The van der Waals surface area contributed by atoms with Gasteiger partial charge >= 0.3 is 0 Å². The molecule has 0 saturated carbocycles. The van der Waals surface area contributed by atoms with E-state index in [1.807, 2.05) is 11.3 Å². The minimum absolute atomic E-state index is 0.683. The summed E-state index contributed by atoms with van der Waals surface area (Å²) < 4.78 is 1.21. The summed E-state index contributed by atoms with van der Waals surface area (Å²) in [6.45, 7) is 6.97. The van der Waals surface area contributed by atoms with E-state index >= 15 is 0 Å². The summed E-state index contributed by atoms with van der Waals surface area (Å²) in [5, 5.41) is 2.16. The smallest absolute Gasteiger partial charge is 0.0329 e. The fourth-order valence-electron chi connectivity index (χ4n) is 1.92. The number of hydrogen-bond donors (Lipinski definition) is 0. The molecular weight excluding hydrogens is 272 g/mol. The van der Waals surface area contributed by atoms with Crippen molar-refractivity contribution >= 4 is 27.3 Å². The molecule has 2 heterocycles. The number of nitrogens with zero attached hydrogens (tertiary/aromatic N) is 2. The van der Waals surface area contributed by atoms with Crippen LogP contribution in [0.2, 0.25) is 0 Å². The molecule has 1 saturated heterocycles. The maximum absolute atomic E-state index is 3.50.